The SMILES string of the molecule is CCCN1CCC(NC(=O)C2(CCC)CCCNC2)CC1. The molecule has 0 aromatic carbocycles. The van der Waals surface area contributed by atoms with E-state index in [0.29, 0.717) is 11.9 Å². The molecule has 122 valence electrons. The van der Waals surface area contributed by atoms with Crippen molar-refractivity contribution in [1.82, 2.24) is 15.5 Å². The minimum Gasteiger partial charge on any atom is -0.353 e. The molecule has 4 heteroatoms. The van der Waals surface area contributed by atoms with Gasteiger partial charge in [-0.3, -0.25) is 4.79 Å². The molecule has 2 heterocycles. The molecule has 1 unspecified atom stereocenters. The molecule has 1 amide bonds. The van der Waals surface area contributed by atoms with E-state index in [-0.39, 0.29) is 5.41 Å². The molecule has 1 atom stereocenters. The van der Waals surface area contributed by atoms with Gasteiger partial charge in [-0.25, -0.2) is 0 Å². The van der Waals surface area contributed by atoms with Crippen LogP contribution in [0.4, 0.5) is 0 Å². The zero-order chi connectivity index (χ0) is 15.1. The Morgan fingerprint density at radius 1 is 1.29 bits per heavy atom. The Morgan fingerprint density at radius 3 is 2.62 bits per heavy atom. The highest BCUT2D eigenvalue weighted by Gasteiger charge is 2.39. The third-order valence-electron chi connectivity index (χ3n) is 5.15. The van der Waals surface area contributed by atoms with Crippen LogP contribution < -0.4 is 10.6 Å². The summed E-state index contributed by atoms with van der Waals surface area (Å²) in [5, 5.41) is 6.80. The van der Waals surface area contributed by atoms with Gasteiger partial charge in [0.25, 0.3) is 0 Å². The summed E-state index contributed by atoms with van der Waals surface area (Å²) in [7, 11) is 0. The molecule has 21 heavy (non-hydrogen) atoms. The number of carbonyl (C=O) groups is 1. The Morgan fingerprint density at radius 2 is 2.05 bits per heavy atom. The number of carbonyl (C=O) groups excluding carboxylic acids is 1. The maximum atomic E-state index is 12.8. The van der Waals surface area contributed by atoms with Crippen molar-refractivity contribution in [2.45, 2.75) is 64.8 Å². The van der Waals surface area contributed by atoms with Gasteiger partial charge in [-0.1, -0.05) is 20.3 Å². The summed E-state index contributed by atoms with van der Waals surface area (Å²) >= 11 is 0. The van der Waals surface area contributed by atoms with E-state index < -0.39 is 0 Å². The lowest BCUT2D eigenvalue weighted by Gasteiger charge is -2.39. The van der Waals surface area contributed by atoms with Gasteiger partial charge in [-0.15, -0.1) is 0 Å². The van der Waals surface area contributed by atoms with Gasteiger partial charge in [0.05, 0.1) is 5.41 Å². The lowest BCUT2D eigenvalue weighted by molar-refractivity contribution is -0.133. The molecule has 2 aliphatic heterocycles. The van der Waals surface area contributed by atoms with Crippen LogP contribution in [0.3, 0.4) is 0 Å². The number of rotatable bonds is 6. The zero-order valence-electron chi connectivity index (χ0n) is 13.9. The van der Waals surface area contributed by atoms with Crippen molar-refractivity contribution in [3.8, 4) is 0 Å². The van der Waals surface area contributed by atoms with Gasteiger partial charge in [0, 0.05) is 25.7 Å². The minimum absolute atomic E-state index is 0.145. The molecule has 0 spiro atoms. The van der Waals surface area contributed by atoms with Gasteiger partial charge in [0.1, 0.15) is 0 Å². The summed E-state index contributed by atoms with van der Waals surface area (Å²) in [6.45, 7) is 9.82. The van der Waals surface area contributed by atoms with Gasteiger partial charge in [0.2, 0.25) is 5.91 Å². The monoisotopic (exact) mass is 295 g/mol. The Bertz CT molecular complexity index is 312. The normalized spacial score (nSPS) is 28.5. The fraction of sp³-hybridized carbons (Fsp3) is 0.941. The summed E-state index contributed by atoms with van der Waals surface area (Å²) in [6, 6.07) is 0.390. The fourth-order valence-electron chi connectivity index (χ4n) is 3.92. The Hall–Kier alpha value is -0.610. The summed E-state index contributed by atoms with van der Waals surface area (Å²) in [5.74, 6) is 0.311. The predicted octanol–water partition coefficient (Wildman–Crippen LogP) is 2.15. The van der Waals surface area contributed by atoms with Crippen LogP contribution in [-0.4, -0.2) is 49.6 Å². The number of likely N-dealkylation sites (tertiary alicyclic amines) is 1. The highest BCUT2D eigenvalue weighted by atomic mass is 16.2. The molecule has 2 saturated heterocycles. The maximum absolute atomic E-state index is 12.8. The number of amides is 1. The van der Waals surface area contributed by atoms with E-state index in [1.807, 2.05) is 0 Å². The van der Waals surface area contributed by atoms with Gasteiger partial charge >= 0.3 is 0 Å². The Balaban J connectivity index is 1.85. The van der Waals surface area contributed by atoms with Crippen LogP contribution in [-0.2, 0) is 4.79 Å². The summed E-state index contributed by atoms with van der Waals surface area (Å²) in [4.78, 5) is 15.3. The van der Waals surface area contributed by atoms with Crippen LogP contribution in [0.2, 0.25) is 0 Å². The molecule has 2 N–H and O–H groups in total. The molecule has 2 fully saturated rings. The van der Waals surface area contributed by atoms with Crippen LogP contribution in [0.15, 0.2) is 0 Å². The van der Waals surface area contributed by atoms with Crippen molar-refractivity contribution < 1.29 is 4.79 Å². The van der Waals surface area contributed by atoms with Crippen molar-refractivity contribution in [2.75, 3.05) is 32.7 Å². The minimum atomic E-state index is -0.145. The van der Waals surface area contributed by atoms with Gasteiger partial charge in [-0.05, 0) is 51.6 Å². The molecule has 0 saturated carbocycles. The summed E-state index contributed by atoms with van der Waals surface area (Å²) in [5.41, 5.74) is -0.145. The molecule has 0 bridgehead atoms. The first-order chi connectivity index (χ1) is 10.2. The summed E-state index contributed by atoms with van der Waals surface area (Å²) in [6.07, 6.45) is 7.73. The standard InChI is InChI=1S/C17H33N3O/c1-3-8-17(9-5-10-18-14-17)16(21)19-15-6-12-20(11-4-2)13-7-15/h15,18H,3-14H2,1-2H3,(H,19,21). The zero-order valence-corrected chi connectivity index (χ0v) is 13.9. The predicted molar refractivity (Wildman–Crippen MR) is 87.3 cm³/mol. The molecule has 2 aliphatic rings. The first-order valence-corrected chi connectivity index (χ1v) is 8.94. The molecule has 2 rings (SSSR count). The molecule has 0 radical (unpaired) electrons. The first kappa shape index (κ1) is 16.8. The smallest absolute Gasteiger partial charge is 0.227 e. The third-order valence-corrected chi connectivity index (χ3v) is 5.15. The van der Waals surface area contributed by atoms with E-state index in [0.717, 1.165) is 64.7 Å². The number of hydrogen-bond donors (Lipinski definition) is 2. The summed E-state index contributed by atoms with van der Waals surface area (Å²) < 4.78 is 0. The van der Waals surface area contributed by atoms with E-state index in [1.54, 1.807) is 0 Å². The average molecular weight is 295 g/mol. The molecule has 0 aromatic rings. The molecule has 0 aliphatic carbocycles. The van der Waals surface area contributed by atoms with E-state index >= 15 is 0 Å². The first-order valence-electron chi connectivity index (χ1n) is 8.94. The van der Waals surface area contributed by atoms with E-state index in [2.05, 4.69) is 29.4 Å². The molecular formula is C17H33N3O. The average Bonchev–Trinajstić information content (AvgIpc) is 2.51. The number of hydrogen-bond acceptors (Lipinski definition) is 3. The van der Waals surface area contributed by atoms with Crippen molar-refractivity contribution in [3.05, 3.63) is 0 Å². The van der Waals surface area contributed by atoms with Crippen LogP contribution in [0.1, 0.15) is 58.8 Å². The number of nitrogens with one attached hydrogen (secondary N) is 2. The van der Waals surface area contributed by atoms with E-state index in [9.17, 15) is 4.79 Å². The number of nitrogens with zero attached hydrogens (tertiary/aromatic N) is 1. The van der Waals surface area contributed by atoms with Crippen molar-refractivity contribution in [2.24, 2.45) is 5.41 Å². The second kappa shape index (κ2) is 8.14. The Kier molecular flexibility index (Phi) is 6.49. The van der Waals surface area contributed by atoms with Gasteiger partial charge in [0.15, 0.2) is 0 Å². The molecule has 0 aromatic heterocycles. The van der Waals surface area contributed by atoms with Crippen molar-refractivity contribution in [1.29, 1.82) is 0 Å². The van der Waals surface area contributed by atoms with Crippen LogP contribution >= 0.6 is 0 Å². The lowest BCUT2D eigenvalue weighted by Crippen LogP contribution is -2.54. The van der Waals surface area contributed by atoms with Crippen LogP contribution in [0, 0.1) is 5.41 Å². The van der Waals surface area contributed by atoms with Gasteiger partial charge in [-0.2, -0.15) is 0 Å². The topological polar surface area (TPSA) is 44.4 Å². The largest absolute Gasteiger partial charge is 0.353 e. The molecule has 4 nitrogen and oxygen atoms in total. The quantitative estimate of drug-likeness (QED) is 0.789. The van der Waals surface area contributed by atoms with Crippen LogP contribution in [0.25, 0.3) is 0 Å². The second-order valence-corrected chi connectivity index (χ2v) is 6.90. The highest BCUT2D eigenvalue weighted by molar-refractivity contribution is 5.83. The van der Waals surface area contributed by atoms with E-state index in [4.69, 9.17) is 0 Å². The second-order valence-electron chi connectivity index (χ2n) is 6.90. The maximum Gasteiger partial charge on any atom is 0.227 e. The molecular weight excluding hydrogens is 262 g/mol. The van der Waals surface area contributed by atoms with Crippen molar-refractivity contribution in [3.63, 3.8) is 0 Å². The lowest BCUT2D eigenvalue weighted by atomic mass is 9.76. The highest BCUT2D eigenvalue weighted by Crippen LogP contribution is 2.32. The fourth-order valence-corrected chi connectivity index (χ4v) is 3.92. The van der Waals surface area contributed by atoms with Crippen molar-refractivity contribution >= 4 is 5.91 Å². The van der Waals surface area contributed by atoms with Crippen LogP contribution in [0.5, 0.6) is 0 Å². The van der Waals surface area contributed by atoms with Gasteiger partial charge < -0.3 is 15.5 Å². The van der Waals surface area contributed by atoms with E-state index in [1.165, 1.54) is 13.0 Å². The third kappa shape index (κ3) is 4.43. The number of piperidine rings is 2. The Labute approximate surface area is 130 Å².